The summed E-state index contributed by atoms with van der Waals surface area (Å²) in [7, 11) is 1.32. The molecule has 0 aromatic heterocycles. The van der Waals surface area contributed by atoms with Gasteiger partial charge in [-0.25, -0.2) is 8.78 Å². The Morgan fingerprint density at radius 3 is 2.67 bits per heavy atom. The second-order valence-corrected chi connectivity index (χ2v) is 4.11. The summed E-state index contributed by atoms with van der Waals surface area (Å²) < 4.78 is 32.0. The van der Waals surface area contributed by atoms with Gasteiger partial charge in [0.2, 0.25) is 0 Å². The zero-order chi connectivity index (χ0) is 13.9. The van der Waals surface area contributed by atoms with E-state index in [1.54, 1.807) is 0 Å². The summed E-state index contributed by atoms with van der Waals surface area (Å²) in [5.74, 6) is -3.59. The van der Waals surface area contributed by atoms with E-state index in [4.69, 9.17) is 27.2 Å². The van der Waals surface area contributed by atoms with Crippen molar-refractivity contribution in [3.8, 4) is 0 Å². The minimum atomic E-state index is -1.32. The summed E-state index contributed by atoms with van der Waals surface area (Å²) in [6.45, 7) is -0.174. The average molecular weight is 280 g/mol. The van der Waals surface area contributed by atoms with Crippen LogP contribution >= 0.6 is 11.6 Å². The Hall–Kier alpha value is -1.24. The molecule has 0 radical (unpaired) electrons. The first-order chi connectivity index (χ1) is 8.38. The number of carboxylic acids is 1. The third-order valence-corrected chi connectivity index (χ3v) is 2.71. The van der Waals surface area contributed by atoms with Gasteiger partial charge in [-0.1, -0.05) is 11.6 Å². The van der Waals surface area contributed by atoms with Crippen LogP contribution in [0.5, 0.6) is 0 Å². The first-order valence-electron chi connectivity index (χ1n) is 5.01. The maximum atomic E-state index is 13.7. The molecule has 0 amide bonds. The minimum Gasteiger partial charge on any atom is -0.480 e. The van der Waals surface area contributed by atoms with Crippen molar-refractivity contribution in [3.63, 3.8) is 0 Å². The molecule has 7 heteroatoms. The Bertz CT molecular complexity index is 468. The van der Waals surface area contributed by atoms with Crippen LogP contribution in [0.3, 0.4) is 0 Å². The van der Waals surface area contributed by atoms with Crippen molar-refractivity contribution in [1.29, 1.82) is 0 Å². The van der Waals surface area contributed by atoms with E-state index in [0.29, 0.717) is 0 Å². The maximum absolute atomic E-state index is 13.7. The molecule has 0 saturated carbocycles. The van der Waals surface area contributed by atoms with Gasteiger partial charge in [-0.15, -0.1) is 0 Å². The quantitative estimate of drug-likeness (QED) is 0.805. The van der Waals surface area contributed by atoms with Crippen LogP contribution < -0.4 is 5.73 Å². The molecule has 3 N–H and O–H groups in total. The molecule has 0 saturated heterocycles. The van der Waals surface area contributed by atoms with Gasteiger partial charge in [-0.3, -0.25) is 4.79 Å². The van der Waals surface area contributed by atoms with Crippen molar-refractivity contribution in [2.75, 3.05) is 7.11 Å². The van der Waals surface area contributed by atoms with Gasteiger partial charge in [0.1, 0.15) is 6.04 Å². The average Bonchev–Trinajstić information content (AvgIpc) is 2.31. The largest absolute Gasteiger partial charge is 0.480 e. The molecule has 100 valence electrons. The molecule has 1 unspecified atom stereocenters. The molecule has 0 aliphatic heterocycles. The van der Waals surface area contributed by atoms with Gasteiger partial charge in [0.25, 0.3) is 0 Å². The predicted molar refractivity (Wildman–Crippen MR) is 61.4 cm³/mol. The zero-order valence-electron chi connectivity index (χ0n) is 9.54. The Balaban J connectivity index is 3.12. The second-order valence-electron chi connectivity index (χ2n) is 3.71. The van der Waals surface area contributed by atoms with E-state index in [1.807, 2.05) is 0 Å². The molecule has 0 fully saturated rings. The summed E-state index contributed by atoms with van der Waals surface area (Å²) in [6.07, 6.45) is -0.342. The van der Waals surface area contributed by atoms with Crippen LogP contribution in [0.25, 0.3) is 0 Å². The number of hydrogen-bond acceptors (Lipinski definition) is 3. The SMILES string of the molecule is COCc1c(Cl)cc(CC(N)C(=O)O)c(F)c1F. The van der Waals surface area contributed by atoms with Crippen molar-refractivity contribution in [2.45, 2.75) is 19.1 Å². The van der Waals surface area contributed by atoms with Crippen molar-refractivity contribution in [3.05, 3.63) is 33.9 Å². The fourth-order valence-corrected chi connectivity index (χ4v) is 1.70. The molecular formula is C11H12ClF2NO3. The van der Waals surface area contributed by atoms with Gasteiger partial charge in [-0.2, -0.15) is 0 Å². The van der Waals surface area contributed by atoms with E-state index in [1.165, 1.54) is 7.11 Å². The lowest BCUT2D eigenvalue weighted by Crippen LogP contribution is -2.32. The van der Waals surface area contributed by atoms with Crippen molar-refractivity contribution in [2.24, 2.45) is 5.73 Å². The molecule has 1 rings (SSSR count). The van der Waals surface area contributed by atoms with Gasteiger partial charge >= 0.3 is 5.97 Å². The smallest absolute Gasteiger partial charge is 0.320 e. The van der Waals surface area contributed by atoms with E-state index in [2.05, 4.69) is 0 Å². The molecule has 0 heterocycles. The van der Waals surface area contributed by atoms with Crippen molar-refractivity contribution < 1.29 is 23.4 Å². The number of ether oxygens (including phenoxy) is 1. The molecule has 1 aromatic carbocycles. The van der Waals surface area contributed by atoms with E-state index < -0.39 is 23.6 Å². The van der Waals surface area contributed by atoms with Gasteiger partial charge in [-0.05, 0) is 11.6 Å². The number of benzene rings is 1. The number of rotatable bonds is 5. The Kier molecular flexibility index (Phi) is 5.01. The third kappa shape index (κ3) is 3.16. The lowest BCUT2D eigenvalue weighted by molar-refractivity contribution is -0.138. The van der Waals surface area contributed by atoms with Crippen LogP contribution in [0.15, 0.2) is 6.07 Å². The standard InChI is InChI=1S/C11H12ClF2NO3/c1-18-4-6-7(12)2-5(9(13)10(6)14)3-8(15)11(16)17/h2,8H,3-4,15H2,1H3,(H,16,17). The van der Waals surface area contributed by atoms with Crippen LogP contribution in [-0.4, -0.2) is 24.2 Å². The number of carboxylic acid groups (broad SMARTS) is 1. The van der Waals surface area contributed by atoms with Gasteiger partial charge in [0, 0.05) is 24.1 Å². The molecular weight excluding hydrogens is 268 g/mol. The topological polar surface area (TPSA) is 72.5 Å². The van der Waals surface area contributed by atoms with Gasteiger partial charge < -0.3 is 15.6 Å². The van der Waals surface area contributed by atoms with Crippen LogP contribution in [0, 0.1) is 11.6 Å². The number of hydrogen-bond donors (Lipinski definition) is 2. The normalized spacial score (nSPS) is 12.5. The molecule has 4 nitrogen and oxygen atoms in total. The highest BCUT2D eigenvalue weighted by Crippen LogP contribution is 2.26. The monoisotopic (exact) mass is 279 g/mol. The summed E-state index contributed by atoms with van der Waals surface area (Å²) in [5.41, 5.74) is 4.98. The molecule has 0 aliphatic rings. The first-order valence-corrected chi connectivity index (χ1v) is 5.38. The van der Waals surface area contributed by atoms with Gasteiger partial charge in [0.05, 0.1) is 6.61 Å². The van der Waals surface area contributed by atoms with E-state index in [9.17, 15) is 13.6 Å². The predicted octanol–water partition coefficient (Wildman–Crippen LogP) is 1.72. The number of methoxy groups -OCH3 is 1. The number of carbonyl (C=O) groups is 1. The molecule has 1 atom stereocenters. The highest BCUT2D eigenvalue weighted by molar-refractivity contribution is 6.31. The summed E-state index contributed by atoms with van der Waals surface area (Å²) >= 11 is 5.77. The fraction of sp³-hybridized carbons (Fsp3) is 0.364. The van der Waals surface area contributed by atoms with Crippen molar-refractivity contribution in [1.82, 2.24) is 0 Å². The lowest BCUT2D eigenvalue weighted by atomic mass is 10.0. The lowest BCUT2D eigenvalue weighted by Gasteiger charge is -2.12. The number of halogens is 3. The third-order valence-electron chi connectivity index (χ3n) is 2.37. The number of aliphatic carboxylic acids is 1. The number of nitrogens with two attached hydrogens (primary N) is 1. The molecule has 0 bridgehead atoms. The zero-order valence-corrected chi connectivity index (χ0v) is 10.3. The van der Waals surface area contributed by atoms with E-state index in [-0.39, 0.29) is 29.2 Å². The van der Waals surface area contributed by atoms with Crippen LogP contribution in [0.1, 0.15) is 11.1 Å². The molecule has 18 heavy (non-hydrogen) atoms. The van der Waals surface area contributed by atoms with Gasteiger partial charge in [0.15, 0.2) is 11.6 Å². The Morgan fingerprint density at radius 2 is 2.17 bits per heavy atom. The van der Waals surface area contributed by atoms with E-state index in [0.717, 1.165) is 6.07 Å². The highest BCUT2D eigenvalue weighted by Gasteiger charge is 2.21. The Labute approximate surface area is 107 Å². The summed E-state index contributed by atoms with van der Waals surface area (Å²) in [5, 5.41) is 8.59. The fourth-order valence-electron chi connectivity index (χ4n) is 1.43. The maximum Gasteiger partial charge on any atom is 0.320 e. The summed E-state index contributed by atoms with van der Waals surface area (Å²) in [4.78, 5) is 10.6. The van der Waals surface area contributed by atoms with Crippen LogP contribution in [-0.2, 0) is 22.6 Å². The molecule has 0 spiro atoms. The molecule has 0 aliphatic carbocycles. The summed E-state index contributed by atoms with van der Waals surface area (Å²) in [6, 6.07) is -0.153. The van der Waals surface area contributed by atoms with E-state index >= 15 is 0 Å². The minimum absolute atomic E-state index is 0.0247. The Morgan fingerprint density at radius 1 is 1.56 bits per heavy atom. The molecule has 1 aromatic rings. The highest BCUT2D eigenvalue weighted by atomic mass is 35.5. The van der Waals surface area contributed by atoms with Crippen LogP contribution in [0.2, 0.25) is 5.02 Å². The van der Waals surface area contributed by atoms with Crippen molar-refractivity contribution >= 4 is 17.6 Å². The first kappa shape index (κ1) is 14.8. The van der Waals surface area contributed by atoms with Crippen LogP contribution in [0.4, 0.5) is 8.78 Å². The second kappa shape index (κ2) is 6.08.